The average Bonchev–Trinajstić information content (AvgIpc) is 2.54. The van der Waals surface area contributed by atoms with Crippen LogP contribution in [-0.4, -0.2) is 28.0 Å². The van der Waals surface area contributed by atoms with Crippen molar-refractivity contribution in [2.45, 2.75) is 31.8 Å². The van der Waals surface area contributed by atoms with Crippen LogP contribution >= 0.6 is 0 Å². The largest absolute Gasteiger partial charge is 0.504 e. The lowest BCUT2D eigenvalue weighted by Crippen LogP contribution is -2.33. The first-order chi connectivity index (χ1) is 10.6. The zero-order valence-electron chi connectivity index (χ0n) is 12.7. The number of aromatic hydroxyl groups is 2. The van der Waals surface area contributed by atoms with Crippen molar-refractivity contribution in [3.63, 3.8) is 0 Å². The van der Waals surface area contributed by atoms with Crippen LogP contribution in [-0.2, 0) is 6.42 Å². The third-order valence-electron chi connectivity index (χ3n) is 3.78. The molecule has 0 aromatic heterocycles. The number of hydrogen-bond acceptors (Lipinski definition) is 4. The van der Waals surface area contributed by atoms with Crippen molar-refractivity contribution in [2.24, 2.45) is 0 Å². The number of aryl methyl sites for hydroxylation is 1. The Morgan fingerprint density at radius 3 is 2.36 bits per heavy atom. The maximum atomic E-state index is 9.57. The van der Waals surface area contributed by atoms with Crippen LogP contribution in [0.1, 0.15) is 30.5 Å². The van der Waals surface area contributed by atoms with Gasteiger partial charge in [0.25, 0.3) is 0 Å². The van der Waals surface area contributed by atoms with Crippen molar-refractivity contribution in [3.05, 3.63) is 59.7 Å². The van der Waals surface area contributed by atoms with Crippen molar-refractivity contribution in [1.82, 2.24) is 5.32 Å². The fourth-order valence-corrected chi connectivity index (χ4v) is 2.47. The molecule has 2 rings (SSSR count). The first-order valence-electron chi connectivity index (χ1n) is 7.53. The molecule has 0 aliphatic heterocycles. The van der Waals surface area contributed by atoms with Crippen LogP contribution < -0.4 is 5.32 Å². The lowest BCUT2D eigenvalue weighted by atomic mass is 10.0. The SMILES string of the molecule is CC(CCc1ccccc1)NC(CO)c1ccc(O)c(O)c1. The summed E-state index contributed by atoms with van der Waals surface area (Å²) < 4.78 is 0. The van der Waals surface area contributed by atoms with Gasteiger partial charge in [-0.15, -0.1) is 0 Å². The highest BCUT2D eigenvalue weighted by Crippen LogP contribution is 2.28. The van der Waals surface area contributed by atoms with E-state index in [9.17, 15) is 15.3 Å². The Hall–Kier alpha value is -2.04. The van der Waals surface area contributed by atoms with Crippen molar-refractivity contribution in [1.29, 1.82) is 0 Å². The number of aliphatic hydroxyl groups excluding tert-OH is 1. The van der Waals surface area contributed by atoms with Crippen molar-refractivity contribution >= 4 is 0 Å². The Balaban J connectivity index is 1.93. The summed E-state index contributed by atoms with van der Waals surface area (Å²) in [4.78, 5) is 0. The number of benzene rings is 2. The first kappa shape index (κ1) is 16.3. The average molecular weight is 301 g/mol. The summed E-state index contributed by atoms with van der Waals surface area (Å²) in [7, 11) is 0. The molecule has 0 heterocycles. The summed E-state index contributed by atoms with van der Waals surface area (Å²) in [6.07, 6.45) is 1.92. The second-order valence-electron chi connectivity index (χ2n) is 5.58. The highest BCUT2D eigenvalue weighted by atomic mass is 16.3. The Labute approximate surface area is 131 Å². The van der Waals surface area contributed by atoms with Crippen LogP contribution in [0.4, 0.5) is 0 Å². The number of phenols is 2. The molecule has 2 aromatic carbocycles. The van der Waals surface area contributed by atoms with E-state index in [1.807, 2.05) is 18.2 Å². The molecule has 0 aliphatic carbocycles. The molecule has 2 atom stereocenters. The molecule has 0 spiro atoms. The van der Waals surface area contributed by atoms with Crippen LogP contribution in [0, 0.1) is 0 Å². The number of rotatable bonds is 7. The summed E-state index contributed by atoms with van der Waals surface area (Å²) in [5.74, 6) is -0.327. The third-order valence-corrected chi connectivity index (χ3v) is 3.78. The molecule has 0 aliphatic rings. The fourth-order valence-electron chi connectivity index (χ4n) is 2.47. The summed E-state index contributed by atoms with van der Waals surface area (Å²) in [5, 5.41) is 31.9. The van der Waals surface area contributed by atoms with Crippen molar-refractivity contribution in [2.75, 3.05) is 6.61 Å². The van der Waals surface area contributed by atoms with E-state index in [0.29, 0.717) is 0 Å². The van der Waals surface area contributed by atoms with E-state index in [2.05, 4.69) is 24.4 Å². The van der Waals surface area contributed by atoms with Crippen LogP contribution in [0.3, 0.4) is 0 Å². The number of nitrogens with one attached hydrogen (secondary N) is 1. The van der Waals surface area contributed by atoms with Crippen LogP contribution in [0.25, 0.3) is 0 Å². The highest BCUT2D eigenvalue weighted by molar-refractivity contribution is 5.41. The zero-order chi connectivity index (χ0) is 15.9. The predicted molar refractivity (Wildman–Crippen MR) is 87.0 cm³/mol. The van der Waals surface area contributed by atoms with Gasteiger partial charge in [-0.25, -0.2) is 0 Å². The molecule has 0 bridgehead atoms. The van der Waals surface area contributed by atoms with Crippen molar-refractivity contribution in [3.8, 4) is 11.5 Å². The Kier molecular flexibility index (Phi) is 5.81. The van der Waals surface area contributed by atoms with Gasteiger partial charge < -0.3 is 20.6 Å². The molecule has 4 heteroatoms. The maximum Gasteiger partial charge on any atom is 0.157 e. The molecular weight excluding hydrogens is 278 g/mol. The number of hydrogen-bond donors (Lipinski definition) is 4. The van der Waals surface area contributed by atoms with Gasteiger partial charge in [0.1, 0.15) is 0 Å². The monoisotopic (exact) mass is 301 g/mol. The Morgan fingerprint density at radius 2 is 1.73 bits per heavy atom. The molecule has 0 saturated heterocycles. The second-order valence-corrected chi connectivity index (χ2v) is 5.58. The molecule has 2 aromatic rings. The maximum absolute atomic E-state index is 9.57. The van der Waals surface area contributed by atoms with Crippen LogP contribution in [0.15, 0.2) is 48.5 Å². The zero-order valence-corrected chi connectivity index (χ0v) is 12.7. The van der Waals surface area contributed by atoms with E-state index in [1.165, 1.54) is 17.7 Å². The normalized spacial score (nSPS) is 13.7. The Morgan fingerprint density at radius 1 is 1.00 bits per heavy atom. The van der Waals surface area contributed by atoms with E-state index in [0.717, 1.165) is 18.4 Å². The van der Waals surface area contributed by atoms with Crippen LogP contribution in [0.5, 0.6) is 11.5 Å². The topological polar surface area (TPSA) is 72.7 Å². The van der Waals surface area contributed by atoms with Gasteiger partial charge in [0.2, 0.25) is 0 Å². The van der Waals surface area contributed by atoms with E-state index in [-0.39, 0.29) is 30.2 Å². The van der Waals surface area contributed by atoms with Gasteiger partial charge in [0.05, 0.1) is 12.6 Å². The molecule has 4 N–H and O–H groups in total. The second kappa shape index (κ2) is 7.82. The van der Waals surface area contributed by atoms with E-state index < -0.39 is 0 Å². The molecule has 118 valence electrons. The third kappa shape index (κ3) is 4.48. The van der Waals surface area contributed by atoms with Crippen LogP contribution in [0.2, 0.25) is 0 Å². The molecule has 0 amide bonds. The number of phenolic OH excluding ortho intramolecular Hbond substituents is 2. The summed E-state index contributed by atoms with van der Waals surface area (Å²) in [6.45, 7) is 2.01. The first-order valence-corrected chi connectivity index (χ1v) is 7.53. The summed E-state index contributed by atoms with van der Waals surface area (Å²) in [6, 6.07) is 14.8. The summed E-state index contributed by atoms with van der Waals surface area (Å²) in [5.41, 5.74) is 2.04. The van der Waals surface area contributed by atoms with Gasteiger partial charge >= 0.3 is 0 Å². The van der Waals surface area contributed by atoms with Gasteiger partial charge in [0, 0.05) is 6.04 Å². The van der Waals surface area contributed by atoms with Gasteiger partial charge in [-0.1, -0.05) is 36.4 Å². The molecule has 2 unspecified atom stereocenters. The van der Waals surface area contributed by atoms with E-state index >= 15 is 0 Å². The van der Waals surface area contributed by atoms with Gasteiger partial charge in [-0.05, 0) is 43.0 Å². The van der Waals surface area contributed by atoms with Crippen molar-refractivity contribution < 1.29 is 15.3 Å². The predicted octanol–water partition coefficient (Wildman–Crippen LogP) is 2.74. The minimum Gasteiger partial charge on any atom is -0.504 e. The highest BCUT2D eigenvalue weighted by Gasteiger charge is 2.15. The molecule has 22 heavy (non-hydrogen) atoms. The standard InChI is InChI=1S/C18H23NO3/c1-13(7-8-14-5-3-2-4-6-14)19-16(12-20)15-9-10-17(21)18(22)11-15/h2-6,9-11,13,16,19-22H,7-8,12H2,1H3. The van der Waals surface area contributed by atoms with Gasteiger partial charge in [-0.3, -0.25) is 0 Å². The molecular formula is C18H23NO3. The molecule has 0 fully saturated rings. The molecule has 0 radical (unpaired) electrons. The van der Waals surface area contributed by atoms with Gasteiger partial charge in [-0.2, -0.15) is 0 Å². The quantitative estimate of drug-likeness (QED) is 0.593. The molecule has 0 saturated carbocycles. The van der Waals surface area contributed by atoms with Gasteiger partial charge in [0.15, 0.2) is 11.5 Å². The smallest absolute Gasteiger partial charge is 0.157 e. The Bertz CT molecular complexity index is 586. The lowest BCUT2D eigenvalue weighted by molar-refractivity contribution is 0.232. The van der Waals surface area contributed by atoms with E-state index in [4.69, 9.17) is 0 Å². The number of aliphatic hydroxyl groups is 1. The van der Waals surface area contributed by atoms with E-state index in [1.54, 1.807) is 6.07 Å². The minimum atomic E-state index is -0.266. The lowest BCUT2D eigenvalue weighted by Gasteiger charge is -2.22. The fraction of sp³-hybridized carbons (Fsp3) is 0.333. The molecule has 4 nitrogen and oxygen atoms in total. The minimum absolute atomic E-state index is 0.0696. The summed E-state index contributed by atoms with van der Waals surface area (Å²) >= 11 is 0.